The number of benzene rings is 1. The molecule has 17 heavy (non-hydrogen) atoms. The number of nitrogens with one attached hydrogen (secondary N) is 1. The van der Waals surface area contributed by atoms with Crippen LogP contribution < -0.4 is 10.2 Å². The first-order valence-electron chi connectivity index (χ1n) is 5.18. The second-order valence-corrected chi connectivity index (χ2v) is 4.60. The van der Waals surface area contributed by atoms with E-state index in [4.69, 9.17) is 0 Å². The predicted octanol–water partition coefficient (Wildman–Crippen LogP) is 1.91. The molecule has 1 saturated heterocycles. The summed E-state index contributed by atoms with van der Waals surface area (Å²) in [6.45, 7) is 2.77. The van der Waals surface area contributed by atoms with Gasteiger partial charge in [-0.3, -0.25) is 10.1 Å². The number of nitro groups is 1. The Morgan fingerprint density at radius 1 is 1.41 bits per heavy atom. The Kier molecular flexibility index (Phi) is 3.58. The third-order valence-corrected chi connectivity index (χ3v) is 3.28. The molecule has 1 aliphatic rings. The Balaban J connectivity index is 2.42. The SMILES string of the molecule is O=[N+]([O-])c1cc(Br)c(F)cc1N1CCNCC1. The van der Waals surface area contributed by atoms with E-state index in [9.17, 15) is 14.5 Å². The molecule has 0 amide bonds. The van der Waals surface area contributed by atoms with Gasteiger partial charge in [0.2, 0.25) is 0 Å². The number of nitrogens with zero attached hydrogens (tertiary/aromatic N) is 2. The van der Waals surface area contributed by atoms with Crippen LogP contribution in [0.15, 0.2) is 16.6 Å². The van der Waals surface area contributed by atoms with Crippen molar-refractivity contribution < 1.29 is 9.31 Å². The molecule has 1 aromatic carbocycles. The van der Waals surface area contributed by atoms with Gasteiger partial charge in [-0.1, -0.05) is 0 Å². The van der Waals surface area contributed by atoms with Crippen molar-refractivity contribution in [3.05, 3.63) is 32.5 Å². The molecule has 0 radical (unpaired) electrons. The molecule has 1 aliphatic heterocycles. The molecule has 1 N–H and O–H groups in total. The van der Waals surface area contributed by atoms with E-state index in [2.05, 4.69) is 21.2 Å². The molecule has 92 valence electrons. The van der Waals surface area contributed by atoms with Crippen molar-refractivity contribution in [2.45, 2.75) is 0 Å². The highest BCUT2D eigenvalue weighted by molar-refractivity contribution is 9.10. The van der Waals surface area contributed by atoms with Crippen LogP contribution in [0.3, 0.4) is 0 Å². The summed E-state index contributed by atoms with van der Waals surface area (Å²) in [5.74, 6) is -0.482. The van der Waals surface area contributed by atoms with Gasteiger partial charge in [0, 0.05) is 38.3 Å². The van der Waals surface area contributed by atoms with Crippen LogP contribution in [-0.4, -0.2) is 31.1 Å². The normalized spacial score (nSPS) is 16.0. The van der Waals surface area contributed by atoms with Crippen LogP contribution in [0.5, 0.6) is 0 Å². The molecule has 0 unspecified atom stereocenters. The van der Waals surface area contributed by atoms with Gasteiger partial charge in [-0.2, -0.15) is 0 Å². The fourth-order valence-corrected chi connectivity index (χ4v) is 2.16. The fraction of sp³-hybridized carbons (Fsp3) is 0.400. The lowest BCUT2D eigenvalue weighted by Gasteiger charge is -2.29. The van der Waals surface area contributed by atoms with Crippen LogP contribution in [0, 0.1) is 15.9 Å². The molecule has 0 aromatic heterocycles. The van der Waals surface area contributed by atoms with E-state index in [1.807, 2.05) is 4.90 Å². The van der Waals surface area contributed by atoms with Gasteiger partial charge in [-0.25, -0.2) is 4.39 Å². The molecule has 2 rings (SSSR count). The molecule has 7 heteroatoms. The van der Waals surface area contributed by atoms with Crippen LogP contribution >= 0.6 is 15.9 Å². The highest BCUT2D eigenvalue weighted by Crippen LogP contribution is 2.33. The standard InChI is InChI=1S/C10H11BrFN3O2/c11-7-5-10(15(16)17)9(6-8(7)12)14-3-1-13-2-4-14/h5-6,13H,1-4H2. The first-order valence-corrected chi connectivity index (χ1v) is 5.98. The van der Waals surface area contributed by atoms with Gasteiger partial charge >= 0.3 is 0 Å². The van der Waals surface area contributed by atoms with Crippen molar-refractivity contribution in [2.75, 3.05) is 31.1 Å². The number of halogens is 2. The van der Waals surface area contributed by atoms with Gasteiger partial charge in [0.05, 0.1) is 9.40 Å². The monoisotopic (exact) mass is 303 g/mol. The van der Waals surface area contributed by atoms with Crippen LogP contribution in [0.25, 0.3) is 0 Å². The lowest BCUT2D eigenvalue weighted by molar-refractivity contribution is -0.384. The highest BCUT2D eigenvalue weighted by atomic mass is 79.9. The van der Waals surface area contributed by atoms with Gasteiger partial charge in [0.25, 0.3) is 5.69 Å². The summed E-state index contributed by atoms with van der Waals surface area (Å²) >= 11 is 2.96. The molecule has 5 nitrogen and oxygen atoms in total. The number of hydrogen-bond donors (Lipinski definition) is 1. The molecule has 0 saturated carbocycles. The second-order valence-electron chi connectivity index (χ2n) is 3.75. The van der Waals surface area contributed by atoms with Crippen LogP contribution in [0.4, 0.5) is 15.8 Å². The maximum Gasteiger partial charge on any atom is 0.293 e. The van der Waals surface area contributed by atoms with Crippen molar-refractivity contribution in [1.82, 2.24) is 5.32 Å². The second kappa shape index (κ2) is 4.97. The average molecular weight is 304 g/mol. The summed E-state index contributed by atoms with van der Waals surface area (Å²) in [6.07, 6.45) is 0. The van der Waals surface area contributed by atoms with Crippen molar-refractivity contribution in [1.29, 1.82) is 0 Å². The third-order valence-electron chi connectivity index (χ3n) is 2.67. The maximum atomic E-state index is 13.5. The zero-order chi connectivity index (χ0) is 12.4. The van der Waals surface area contributed by atoms with E-state index in [1.54, 1.807) is 0 Å². The fourth-order valence-electron chi connectivity index (χ4n) is 1.83. The zero-order valence-electron chi connectivity index (χ0n) is 8.95. The van der Waals surface area contributed by atoms with Crippen molar-refractivity contribution >= 4 is 27.3 Å². The minimum absolute atomic E-state index is 0.0693. The zero-order valence-corrected chi connectivity index (χ0v) is 10.5. The molecule has 0 bridgehead atoms. The van der Waals surface area contributed by atoms with E-state index < -0.39 is 10.7 Å². The smallest absolute Gasteiger partial charge is 0.293 e. The van der Waals surface area contributed by atoms with Crippen molar-refractivity contribution in [3.8, 4) is 0 Å². The topological polar surface area (TPSA) is 58.4 Å². The van der Waals surface area contributed by atoms with Gasteiger partial charge < -0.3 is 10.2 Å². The number of piperazine rings is 1. The first-order chi connectivity index (χ1) is 8.09. The average Bonchev–Trinajstić information content (AvgIpc) is 2.33. The highest BCUT2D eigenvalue weighted by Gasteiger charge is 2.23. The Labute approximate surface area is 106 Å². The molecule has 1 heterocycles. The Hall–Kier alpha value is -1.21. The first kappa shape index (κ1) is 12.3. The van der Waals surface area contributed by atoms with Crippen LogP contribution in [0.1, 0.15) is 0 Å². The molecular weight excluding hydrogens is 293 g/mol. The number of nitro benzene ring substituents is 1. The Bertz CT molecular complexity index is 449. The number of rotatable bonds is 2. The quantitative estimate of drug-likeness (QED) is 0.670. The number of anilines is 1. The van der Waals surface area contributed by atoms with Gasteiger partial charge in [0.1, 0.15) is 11.5 Å². The number of hydrogen-bond acceptors (Lipinski definition) is 4. The van der Waals surface area contributed by atoms with E-state index >= 15 is 0 Å². The van der Waals surface area contributed by atoms with E-state index in [0.29, 0.717) is 18.8 Å². The predicted molar refractivity (Wildman–Crippen MR) is 65.8 cm³/mol. The molecule has 0 atom stereocenters. The largest absolute Gasteiger partial charge is 0.363 e. The van der Waals surface area contributed by atoms with E-state index in [1.165, 1.54) is 12.1 Å². The summed E-state index contributed by atoms with van der Waals surface area (Å²) in [5.41, 5.74) is 0.275. The van der Waals surface area contributed by atoms with Gasteiger partial charge in [-0.15, -0.1) is 0 Å². The minimum Gasteiger partial charge on any atom is -0.363 e. The molecule has 1 fully saturated rings. The summed E-state index contributed by atoms with van der Waals surface area (Å²) in [7, 11) is 0. The summed E-state index contributed by atoms with van der Waals surface area (Å²) in [4.78, 5) is 12.3. The molecular formula is C10H11BrFN3O2. The lowest BCUT2D eigenvalue weighted by Crippen LogP contribution is -2.43. The van der Waals surface area contributed by atoms with Crippen molar-refractivity contribution in [3.63, 3.8) is 0 Å². The summed E-state index contributed by atoms with van der Waals surface area (Å²) < 4.78 is 13.6. The van der Waals surface area contributed by atoms with Gasteiger partial charge in [-0.05, 0) is 15.9 Å². The Morgan fingerprint density at radius 3 is 2.65 bits per heavy atom. The molecule has 0 aliphatic carbocycles. The van der Waals surface area contributed by atoms with E-state index in [-0.39, 0.29) is 10.2 Å². The maximum absolute atomic E-state index is 13.5. The summed E-state index contributed by atoms with van der Waals surface area (Å²) in [5, 5.41) is 14.1. The van der Waals surface area contributed by atoms with Gasteiger partial charge in [0.15, 0.2) is 0 Å². The lowest BCUT2D eigenvalue weighted by atomic mass is 10.2. The van der Waals surface area contributed by atoms with Crippen molar-refractivity contribution in [2.24, 2.45) is 0 Å². The van der Waals surface area contributed by atoms with Crippen LogP contribution in [0.2, 0.25) is 0 Å². The third kappa shape index (κ3) is 2.55. The summed E-state index contributed by atoms with van der Waals surface area (Å²) in [6, 6.07) is 2.43. The van der Waals surface area contributed by atoms with E-state index in [0.717, 1.165) is 13.1 Å². The minimum atomic E-state index is -0.485. The Morgan fingerprint density at radius 2 is 2.06 bits per heavy atom. The molecule has 1 aromatic rings. The molecule has 0 spiro atoms. The van der Waals surface area contributed by atoms with Crippen LogP contribution in [-0.2, 0) is 0 Å².